The number of halogens is 1. The van der Waals surface area contributed by atoms with E-state index in [1.165, 1.54) is 30.7 Å². The normalized spacial score (nSPS) is 18.5. The fraction of sp³-hybridized carbons (Fsp3) is 0.500. The Kier molecular flexibility index (Phi) is 4.64. The van der Waals surface area contributed by atoms with E-state index in [9.17, 15) is 13.4 Å². The highest BCUT2D eigenvalue weighted by atomic mass is 32.2. The van der Waals surface area contributed by atoms with Crippen molar-refractivity contribution in [2.24, 2.45) is 0 Å². The van der Waals surface area contributed by atoms with Crippen molar-refractivity contribution in [2.75, 3.05) is 5.75 Å². The van der Waals surface area contributed by atoms with Crippen molar-refractivity contribution in [1.29, 1.82) is 0 Å². The summed E-state index contributed by atoms with van der Waals surface area (Å²) in [7, 11) is -1.09. The predicted molar refractivity (Wildman–Crippen MR) is 70.6 cm³/mol. The molecule has 0 radical (unpaired) electrons. The van der Waals surface area contributed by atoms with Crippen LogP contribution in [0.15, 0.2) is 24.3 Å². The van der Waals surface area contributed by atoms with Crippen molar-refractivity contribution < 1.29 is 13.4 Å². The second kappa shape index (κ2) is 6.23. The average Bonchev–Trinajstić information content (AvgIpc) is 2.40. The van der Waals surface area contributed by atoms with Crippen LogP contribution in [0.5, 0.6) is 0 Å². The zero-order valence-corrected chi connectivity index (χ0v) is 11.0. The number of ketones is 1. The van der Waals surface area contributed by atoms with Crippen molar-refractivity contribution >= 4 is 16.6 Å². The highest BCUT2D eigenvalue weighted by molar-refractivity contribution is 7.86. The van der Waals surface area contributed by atoms with Crippen LogP contribution >= 0.6 is 0 Å². The van der Waals surface area contributed by atoms with Crippen molar-refractivity contribution in [3.05, 3.63) is 35.6 Å². The van der Waals surface area contributed by atoms with Gasteiger partial charge in [-0.15, -0.1) is 0 Å². The highest BCUT2D eigenvalue weighted by Gasteiger charge is 2.22. The fourth-order valence-corrected chi connectivity index (χ4v) is 3.81. The van der Waals surface area contributed by atoms with Crippen molar-refractivity contribution in [3.8, 4) is 0 Å². The van der Waals surface area contributed by atoms with E-state index in [4.69, 9.17) is 0 Å². The number of carbonyl (C=O) groups excluding carboxylic acids is 1. The predicted octanol–water partition coefficient (Wildman–Crippen LogP) is 3.09. The fourth-order valence-electron chi connectivity index (χ4n) is 2.29. The van der Waals surface area contributed by atoms with Crippen LogP contribution in [0.25, 0.3) is 0 Å². The van der Waals surface area contributed by atoms with Gasteiger partial charge in [0.15, 0.2) is 5.78 Å². The Morgan fingerprint density at radius 1 is 1.17 bits per heavy atom. The molecule has 2 rings (SSSR count). The maximum absolute atomic E-state index is 12.7. The summed E-state index contributed by atoms with van der Waals surface area (Å²) in [6, 6.07) is 5.43. The van der Waals surface area contributed by atoms with Gasteiger partial charge in [0.2, 0.25) is 0 Å². The topological polar surface area (TPSA) is 34.1 Å². The number of benzene rings is 1. The second-order valence-electron chi connectivity index (χ2n) is 4.72. The minimum Gasteiger partial charge on any atom is -0.293 e. The third kappa shape index (κ3) is 3.48. The third-order valence-electron chi connectivity index (χ3n) is 3.36. The summed E-state index contributed by atoms with van der Waals surface area (Å²) in [6.07, 6.45) is 5.36. The Labute approximate surface area is 109 Å². The molecule has 0 saturated heterocycles. The lowest BCUT2D eigenvalue weighted by Gasteiger charge is -2.20. The van der Waals surface area contributed by atoms with E-state index in [-0.39, 0.29) is 22.6 Å². The molecule has 0 N–H and O–H groups in total. The molecule has 1 aromatic rings. The molecule has 18 heavy (non-hydrogen) atoms. The molecule has 1 fully saturated rings. The van der Waals surface area contributed by atoms with Crippen LogP contribution in [0, 0.1) is 5.82 Å². The van der Waals surface area contributed by atoms with Gasteiger partial charge in [-0.25, -0.2) is 4.39 Å². The minimum absolute atomic E-state index is 0.0658. The molecule has 1 saturated carbocycles. The molecule has 0 aromatic heterocycles. The lowest BCUT2D eigenvalue weighted by Crippen LogP contribution is -2.24. The number of hydrogen-bond donors (Lipinski definition) is 0. The molecule has 1 atom stereocenters. The molecule has 0 spiro atoms. The van der Waals surface area contributed by atoms with Crippen molar-refractivity contribution in [2.45, 2.75) is 37.4 Å². The highest BCUT2D eigenvalue weighted by Crippen LogP contribution is 2.22. The maximum Gasteiger partial charge on any atom is 0.175 e. The SMILES string of the molecule is O=C(CS(=O)C1CCCCC1)c1ccc(F)cc1. The number of rotatable bonds is 4. The Morgan fingerprint density at radius 3 is 2.39 bits per heavy atom. The molecule has 0 bridgehead atoms. The molecule has 1 aliphatic rings. The Bertz CT molecular complexity index is 436. The quantitative estimate of drug-likeness (QED) is 0.786. The third-order valence-corrected chi connectivity index (χ3v) is 5.13. The molecule has 2 nitrogen and oxygen atoms in total. The monoisotopic (exact) mass is 268 g/mol. The van der Waals surface area contributed by atoms with Crippen LogP contribution in [0.3, 0.4) is 0 Å². The molecule has 0 aliphatic heterocycles. The van der Waals surface area contributed by atoms with E-state index < -0.39 is 10.8 Å². The molecule has 4 heteroatoms. The molecule has 1 aliphatic carbocycles. The second-order valence-corrected chi connectivity index (χ2v) is 6.43. The van der Waals surface area contributed by atoms with Gasteiger partial charge in [-0.2, -0.15) is 0 Å². The van der Waals surface area contributed by atoms with Crippen molar-refractivity contribution in [3.63, 3.8) is 0 Å². The van der Waals surface area contributed by atoms with Crippen LogP contribution in [0.2, 0.25) is 0 Å². The van der Waals surface area contributed by atoms with Gasteiger partial charge in [-0.05, 0) is 37.1 Å². The smallest absolute Gasteiger partial charge is 0.175 e. The first-order valence-corrected chi connectivity index (χ1v) is 7.71. The van der Waals surface area contributed by atoms with E-state index in [2.05, 4.69) is 0 Å². The molecular weight excluding hydrogens is 251 g/mol. The van der Waals surface area contributed by atoms with Gasteiger partial charge in [0, 0.05) is 21.6 Å². The van der Waals surface area contributed by atoms with E-state index in [1.807, 2.05) is 0 Å². The molecule has 0 amide bonds. The van der Waals surface area contributed by atoms with Gasteiger partial charge in [0.1, 0.15) is 5.82 Å². The van der Waals surface area contributed by atoms with Gasteiger partial charge in [0.25, 0.3) is 0 Å². The Balaban J connectivity index is 1.94. The number of carbonyl (C=O) groups is 1. The van der Waals surface area contributed by atoms with Gasteiger partial charge < -0.3 is 0 Å². The van der Waals surface area contributed by atoms with E-state index in [0.717, 1.165) is 25.7 Å². The first-order valence-electron chi connectivity index (χ1n) is 6.33. The van der Waals surface area contributed by atoms with Gasteiger partial charge in [-0.1, -0.05) is 19.3 Å². The summed E-state index contributed by atoms with van der Waals surface area (Å²) in [5.74, 6) is -0.449. The molecule has 1 unspecified atom stereocenters. The first-order chi connectivity index (χ1) is 8.66. The summed E-state index contributed by atoms with van der Waals surface area (Å²) in [5, 5.41) is 0.170. The van der Waals surface area contributed by atoms with Gasteiger partial charge in [0.05, 0.1) is 5.75 Å². The summed E-state index contributed by atoms with van der Waals surface area (Å²) in [5.41, 5.74) is 0.445. The van der Waals surface area contributed by atoms with Gasteiger partial charge in [-0.3, -0.25) is 9.00 Å². The molecule has 1 aromatic carbocycles. The van der Waals surface area contributed by atoms with Crippen molar-refractivity contribution in [1.82, 2.24) is 0 Å². The Morgan fingerprint density at radius 2 is 1.78 bits per heavy atom. The lowest BCUT2D eigenvalue weighted by molar-refractivity contribution is 0.102. The van der Waals surface area contributed by atoms with Crippen LogP contribution in [0.1, 0.15) is 42.5 Å². The lowest BCUT2D eigenvalue weighted by atomic mass is 10.0. The summed E-state index contributed by atoms with van der Waals surface area (Å²) >= 11 is 0. The number of Topliss-reactive ketones (excluding diaryl/α,β-unsaturated/α-hetero) is 1. The van der Waals surface area contributed by atoms with Gasteiger partial charge >= 0.3 is 0 Å². The standard InChI is InChI=1S/C14H17FO2S/c15-12-8-6-11(7-9-12)14(16)10-18(17)13-4-2-1-3-5-13/h6-9,13H,1-5,10H2. The van der Waals surface area contributed by atoms with Crippen LogP contribution in [-0.2, 0) is 10.8 Å². The first kappa shape index (κ1) is 13.4. The van der Waals surface area contributed by atoms with E-state index >= 15 is 0 Å². The largest absolute Gasteiger partial charge is 0.293 e. The van der Waals surface area contributed by atoms with E-state index in [0.29, 0.717) is 5.56 Å². The van der Waals surface area contributed by atoms with Crippen LogP contribution in [0.4, 0.5) is 4.39 Å². The Hall–Kier alpha value is -1.03. The molecule has 98 valence electrons. The molecular formula is C14H17FO2S. The summed E-state index contributed by atoms with van der Waals surface area (Å²) in [6.45, 7) is 0. The average molecular weight is 268 g/mol. The minimum atomic E-state index is -1.09. The summed E-state index contributed by atoms with van der Waals surface area (Å²) in [4.78, 5) is 11.9. The number of hydrogen-bond acceptors (Lipinski definition) is 2. The molecule has 0 heterocycles. The summed E-state index contributed by atoms with van der Waals surface area (Å²) < 4.78 is 24.8. The van der Waals surface area contributed by atoms with E-state index in [1.54, 1.807) is 0 Å². The maximum atomic E-state index is 12.7. The zero-order valence-electron chi connectivity index (χ0n) is 10.2. The zero-order chi connectivity index (χ0) is 13.0. The van der Waals surface area contributed by atoms with Crippen LogP contribution in [-0.4, -0.2) is 21.0 Å². The van der Waals surface area contributed by atoms with Crippen LogP contribution < -0.4 is 0 Å².